The third kappa shape index (κ3) is 2.96. The zero-order valence-corrected chi connectivity index (χ0v) is 12.6. The molecule has 0 spiro atoms. The Morgan fingerprint density at radius 3 is 3.05 bits per heavy atom. The second-order valence-electron chi connectivity index (χ2n) is 5.55. The van der Waals surface area contributed by atoms with Crippen molar-refractivity contribution in [3.63, 3.8) is 0 Å². The molecule has 0 bridgehead atoms. The maximum Gasteiger partial charge on any atom is 0.331 e. The van der Waals surface area contributed by atoms with E-state index in [-0.39, 0.29) is 12.0 Å². The predicted octanol–water partition coefficient (Wildman–Crippen LogP) is 2.22. The molecule has 5 nitrogen and oxygen atoms in total. The van der Waals surface area contributed by atoms with Crippen molar-refractivity contribution in [2.75, 3.05) is 13.2 Å². The van der Waals surface area contributed by atoms with Crippen LogP contribution < -0.4 is 0 Å². The molecule has 0 saturated carbocycles. The molecule has 21 heavy (non-hydrogen) atoms. The molecular formula is C15H19NO4S. The standard InChI is InChI=1S/C15H19NO4S/c17-13(4-3-10-2-1-8-20-10)16-7-5-12-11(6-9-21-12)14(16)15(18)19/h6,9-10,14H,1-5,7-8H2,(H,18,19). The summed E-state index contributed by atoms with van der Waals surface area (Å²) in [6.07, 6.45) is 4.04. The topological polar surface area (TPSA) is 66.8 Å². The summed E-state index contributed by atoms with van der Waals surface area (Å²) in [5, 5.41) is 11.4. The van der Waals surface area contributed by atoms with Crippen LogP contribution in [0.4, 0.5) is 0 Å². The van der Waals surface area contributed by atoms with Gasteiger partial charge >= 0.3 is 5.97 Å². The van der Waals surface area contributed by atoms with E-state index in [4.69, 9.17) is 4.74 Å². The van der Waals surface area contributed by atoms with Gasteiger partial charge in [-0.3, -0.25) is 4.79 Å². The molecule has 3 rings (SSSR count). The van der Waals surface area contributed by atoms with E-state index >= 15 is 0 Å². The molecule has 1 aromatic rings. The Labute approximate surface area is 127 Å². The molecule has 3 heterocycles. The van der Waals surface area contributed by atoms with E-state index in [1.807, 2.05) is 11.4 Å². The molecule has 0 aromatic carbocycles. The summed E-state index contributed by atoms with van der Waals surface area (Å²) in [6.45, 7) is 1.27. The Bertz CT molecular complexity index is 536. The summed E-state index contributed by atoms with van der Waals surface area (Å²) in [4.78, 5) is 26.6. The van der Waals surface area contributed by atoms with Gasteiger partial charge in [0, 0.05) is 24.4 Å². The summed E-state index contributed by atoms with van der Waals surface area (Å²) in [5.41, 5.74) is 0.782. The smallest absolute Gasteiger partial charge is 0.331 e. The first-order chi connectivity index (χ1) is 10.2. The Kier molecular flexibility index (Phi) is 4.26. The number of nitrogens with zero attached hydrogens (tertiary/aromatic N) is 1. The number of carbonyl (C=O) groups is 2. The van der Waals surface area contributed by atoms with E-state index in [1.165, 1.54) is 4.90 Å². The van der Waals surface area contributed by atoms with E-state index in [2.05, 4.69) is 0 Å². The van der Waals surface area contributed by atoms with Crippen molar-refractivity contribution < 1.29 is 19.4 Å². The highest BCUT2D eigenvalue weighted by molar-refractivity contribution is 7.10. The first-order valence-electron chi connectivity index (χ1n) is 7.37. The molecule has 1 aromatic heterocycles. The highest BCUT2D eigenvalue weighted by atomic mass is 32.1. The van der Waals surface area contributed by atoms with Gasteiger partial charge in [-0.1, -0.05) is 0 Å². The molecule has 6 heteroatoms. The van der Waals surface area contributed by atoms with Crippen LogP contribution in [0.1, 0.15) is 42.2 Å². The Morgan fingerprint density at radius 1 is 1.48 bits per heavy atom. The zero-order valence-electron chi connectivity index (χ0n) is 11.8. The summed E-state index contributed by atoms with van der Waals surface area (Å²) < 4.78 is 5.52. The Morgan fingerprint density at radius 2 is 2.33 bits per heavy atom. The van der Waals surface area contributed by atoms with Gasteiger partial charge in [-0.25, -0.2) is 4.79 Å². The minimum Gasteiger partial charge on any atom is -0.479 e. The highest BCUT2D eigenvalue weighted by Crippen LogP contribution is 2.34. The molecule has 1 amide bonds. The molecule has 0 aliphatic carbocycles. The SMILES string of the molecule is O=C(O)C1c2ccsc2CCN1C(=O)CCC1CCCO1. The van der Waals surface area contributed by atoms with Crippen LogP contribution in [0.2, 0.25) is 0 Å². The van der Waals surface area contributed by atoms with Gasteiger partial charge in [-0.2, -0.15) is 0 Å². The summed E-state index contributed by atoms with van der Waals surface area (Å²) >= 11 is 1.57. The van der Waals surface area contributed by atoms with Crippen LogP contribution >= 0.6 is 11.3 Å². The molecule has 1 fully saturated rings. The van der Waals surface area contributed by atoms with Gasteiger partial charge in [-0.05, 0) is 42.7 Å². The van der Waals surface area contributed by atoms with Crippen molar-refractivity contribution in [1.82, 2.24) is 4.90 Å². The average Bonchev–Trinajstić information content (AvgIpc) is 3.14. The van der Waals surface area contributed by atoms with E-state index in [0.717, 1.165) is 36.3 Å². The average molecular weight is 309 g/mol. The second-order valence-corrected chi connectivity index (χ2v) is 6.55. The zero-order chi connectivity index (χ0) is 14.8. The van der Waals surface area contributed by atoms with Crippen LogP contribution in [-0.2, 0) is 20.7 Å². The lowest BCUT2D eigenvalue weighted by atomic mass is 9.99. The first-order valence-corrected chi connectivity index (χ1v) is 8.25. The number of carbonyl (C=O) groups excluding carboxylic acids is 1. The third-order valence-electron chi connectivity index (χ3n) is 4.22. The largest absolute Gasteiger partial charge is 0.479 e. The van der Waals surface area contributed by atoms with Crippen molar-refractivity contribution in [2.24, 2.45) is 0 Å². The van der Waals surface area contributed by atoms with Crippen molar-refractivity contribution in [3.05, 3.63) is 21.9 Å². The highest BCUT2D eigenvalue weighted by Gasteiger charge is 2.36. The molecule has 2 aliphatic heterocycles. The minimum atomic E-state index is -0.945. The second kappa shape index (κ2) is 6.15. The molecule has 114 valence electrons. The van der Waals surface area contributed by atoms with E-state index in [9.17, 15) is 14.7 Å². The number of carboxylic acids is 1. The van der Waals surface area contributed by atoms with Crippen LogP contribution in [0.3, 0.4) is 0 Å². The van der Waals surface area contributed by atoms with Gasteiger partial charge < -0.3 is 14.7 Å². The van der Waals surface area contributed by atoms with Crippen LogP contribution in [0.25, 0.3) is 0 Å². The normalized spacial score (nSPS) is 24.9. The minimum absolute atomic E-state index is 0.0743. The van der Waals surface area contributed by atoms with Crippen molar-refractivity contribution in [3.8, 4) is 0 Å². The van der Waals surface area contributed by atoms with E-state index < -0.39 is 12.0 Å². The van der Waals surface area contributed by atoms with Gasteiger partial charge in [0.2, 0.25) is 5.91 Å². The first kappa shape index (κ1) is 14.5. The van der Waals surface area contributed by atoms with Crippen LogP contribution in [0.15, 0.2) is 11.4 Å². The van der Waals surface area contributed by atoms with Gasteiger partial charge in [-0.15, -0.1) is 11.3 Å². The number of hydrogen-bond donors (Lipinski definition) is 1. The third-order valence-corrected chi connectivity index (χ3v) is 5.22. The van der Waals surface area contributed by atoms with E-state index in [0.29, 0.717) is 19.4 Å². The van der Waals surface area contributed by atoms with Gasteiger partial charge in [0.1, 0.15) is 0 Å². The summed E-state index contributed by atoms with van der Waals surface area (Å²) in [5.74, 6) is -1.02. The van der Waals surface area contributed by atoms with Crippen LogP contribution in [0, 0.1) is 0 Å². The predicted molar refractivity (Wildman–Crippen MR) is 78.3 cm³/mol. The van der Waals surface area contributed by atoms with Crippen molar-refractivity contribution in [1.29, 1.82) is 0 Å². The lowest BCUT2D eigenvalue weighted by Crippen LogP contribution is -2.43. The quantitative estimate of drug-likeness (QED) is 0.926. The Hall–Kier alpha value is -1.40. The van der Waals surface area contributed by atoms with Gasteiger partial charge in [0.25, 0.3) is 0 Å². The lowest BCUT2D eigenvalue weighted by Gasteiger charge is -2.33. The number of rotatable bonds is 4. The fourth-order valence-corrected chi connectivity index (χ4v) is 4.06. The van der Waals surface area contributed by atoms with Gasteiger partial charge in [0.15, 0.2) is 6.04 Å². The maximum absolute atomic E-state index is 12.4. The number of hydrogen-bond acceptors (Lipinski definition) is 4. The van der Waals surface area contributed by atoms with Crippen LogP contribution in [0.5, 0.6) is 0 Å². The fourth-order valence-electron chi connectivity index (χ4n) is 3.15. The molecule has 2 atom stereocenters. The fraction of sp³-hybridized carbons (Fsp3) is 0.600. The molecule has 1 saturated heterocycles. The summed E-state index contributed by atoms with van der Waals surface area (Å²) in [7, 11) is 0. The van der Waals surface area contributed by atoms with Crippen LogP contribution in [-0.4, -0.2) is 41.1 Å². The maximum atomic E-state index is 12.4. The lowest BCUT2D eigenvalue weighted by molar-refractivity contribution is -0.151. The van der Waals surface area contributed by atoms with Crippen molar-refractivity contribution in [2.45, 2.75) is 44.2 Å². The molecule has 1 N–H and O–H groups in total. The summed E-state index contributed by atoms with van der Waals surface area (Å²) in [6, 6.07) is 1.01. The Balaban J connectivity index is 1.68. The molecule has 0 radical (unpaired) electrons. The number of carboxylic acid groups (broad SMARTS) is 1. The number of ether oxygens (including phenoxy) is 1. The van der Waals surface area contributed by atoms with Crippen molar-refractivity contribution >= 4 is 23.2 Å². The number of thiophene rings is 1. The monoisotopic (exact) mass is 309 g/mol. The van der Waals surface area contributed by atoms with E-state index in [1.54, 1.807) is 11.3 Å². The molecule has 2 aliphatic rings. The number of amides is 1. The number of fused-ring (bicyclic) bond motifs is 1. The van der Waals surface area contributed by atoms with Gasteiger partial charge in [0.05, 0.1) is 6.10 Å². The molecule has 2 unspecified atom stereocenters. The molecular weight excluding hydrogens is 290 g/mol. The number of aliphatic carboxylic acids is 1.